The van der Waals surface area contributed by atoms with Crippen LogP contribution >= 0.6 is 11.3 Å². The highest BCUT2D eigenvalue weighted by Gasteiger charge is 2.16. The van der Waals surface area contributed by atoms with Crippen LogP contribution in [0.15, 0.2) is 29.2 Å². The number of aromatic nitrogens is 2. The second-order valence-corrected chi connectivity index (χ2v) is 6.97. The monoisotopic (exact) mass is 343 g/mol. The number of nitrogens with one attached hydrogen (secondary N) is 1. The number of nitrogens with zero attached hydrogens (tertiary/aromatic N) is 2. The molecule has 7 nitrogen and oxygen atoms in total. The first-order valence-electron chi connectivity index (χ1n) is 6.62. The summed E-state index contributed by atoms with van der Waals surface area (Å²) < 4.78 is 37.1. The summed E-state index contributed by atoms with van der Waals surface area (Å²) in [5.41, 5.74) is 0. The molecule has 0 atom stereocenters. The molecule has 0 amide bonds. The fraction of sp³-hybridized carbons (Fsp3) is 0.385. The summed E-state index contributed by atoms with van der Waals surface area (Å²) in [7, 11) is -2.16. The summed E-state index contributed by atoms with van der Waals surface area (Å²) in [6.07, 6.45) is 0.607. The Bertz CT molecular complexity index is 698. The highest BCUT2D eigenvalue weighted by Crippen LogP contribution is 2.21. The molecule has 1 N–H and O–H groups in total. The molecular formula is C13H17N3O4S2. The number of hydrogen-bond acceptors (Lipinski definition) is 7. The minimum atomic E-state index is -3.68. The zero-order valence-corrected chi connectivity index (χ0v) is 13.9. The average Bonchev–Trinajstić information content (AvgIpc) is 2.94. The van der Waals surface area contributed by atoms with E-state index in [0.29, 0.717) is 25.4 Å². The quantitative estimate of drug-likeness (QED) is 0.737. The van der Waals surface area contributed by atoms with E-state index in [4.69, 9.17) is 9.47 Å². The van der Waals surface area contributed by atoms with Gasteiger partial charge >= 0.3 is 0 Å². The first kappa shape index (κ1) is 16.7. The molecule has 0 radical (unpaired) electrons. The summed E-state index contributed by atoms with van der Waals surface area (Å²) in [4.78, 5) is 0.138. The molecule has 22 heavy (non-hydrogen) atoms. The van der Waals surface area contributed by atoms with Gasteiger partial charge in [0.15, 0.2) is 0 Å². The van der Waals surface area contributed by atoms with Crippen LogP contribution in [0.5, 0.6) is 5.75 Å². The molecule has 0 saturated carbocycles. The van der Waals surface area contributed by atoms with Crippen LogP contribution in [0.25, 0.3) is 0 Å². The predicted octanol–water partition coefficient (Wildman–Crippen LogP) is 1.93. The smallest absolute Gasteiger partial charge is 0.263 e. The van der Waals surface area contributed by atoms with Crippen molar-refractivity contribution >= 4 is 26.5 Å². The predicted molar refractivity (Wildman–Crippen MR) is 83.9 cm³/mol. The van der Waals surface area contributed by atoms with Gasteiger partial charge in [-0.15, -0.1) is 10.2 Å². The van der Waals surface area contributed by atoms with E-state index in [9.17, 15) is 8.42 Å². The van der Waals surface area contributed by atoms with Gasteiger partial charge in [-0.1, -0.05) is 11.3 Å². The molecule has 2 rings (SSSR count). The lowest BCUT2D eigenvalue weighted by Gasteiger charge is -2.05. The van der Waals surface area contributed by atoms with Crippen LogP contribution in [0.3, 0.4) is 0 Å². The van der Waals surface area contributed by atoms with Gasteiger partial charge in [-0.25, -0.2) is 8.42 Å². The van der Waals surface area contributed by atoms with Crippen LogP contribution in [0.1, 0.15) is 11.9 Å². The van der Waals surface area contributed by atoms with E-state index in [-0.39, 0.29) is 10.0 Å². The van der Waals surface area contributed by atoms with Gasteiger partial charge in [0.2, 0.25) is 5.13 Å². The first-order chi connectivity index (χ1) is 10.5. The van der Waals surface area contributed by atoms with Crippen molar-refractivity contribution in [3.05, 3.63) is 29.3 Å². The summed E-state index contributed by atoms with van der Waals surface area (Å²) >= 11 is 1.20. The van der Waals surface area contributed by atoms with Crippen molar-refractivity contribution in [3.8, 4) is 5.75 Å². The van der Waals surface area contributed by atoms with Gasteiger partial charge in [0, 0.05) is 13.0 Å². The second kappa shape index (κ2) is 7.52. The highest BCUT2D eigenvalue weighted by molar-refractivity contribution is 7.93. The Kier molecular flexibility index (Phi) is 5.69. The van der Waals surface area contributed by atoms with E-state index in [1.54, 1.807) is 12.1 Å². The number of benzene rings is 1. The Labute approximate surface area is 133 Å². The average molecular weight is 343 g/mol. The lowest BCUT2D eigenvalue weighted by Crippen LogP contribution is -2.12. The number of rotatable bonds is 8. The number of sulfonamides is 1. The summed E-state index contributed by atoms with van der Waals surface area (Å²) in [6.45, 7) is 3.08. The highest BCUT2D eigenvalue weighted by atomic mass is 32.2. The summed E-state index contributed by atoms with van der Waals surface area (Å²) in [5.74, 6) is 0.591. The standard InChI is InChI=1S/C13H17N3O4S2/c1-3-20-9-8-12-14-15-13(21-12)16-22(17,18)11-6-4-10(19-2)5-7-11/h4-7H,3,8-9H2,1-2H3,(H,15,16). The van der Waals surface area contributed by atoms with Crippen molar-refractivity contribution in [3.63, 3.8) is 0 Å². The van der Waals surface area contributed by atoms with E-state index in [2.05, 4.69) is 14.9 Å². The zero-order chi connectivity index (χ0) is 16.0. The number of ether oxygens (including phenoxy) is 2. The molecule has 120 valence electrons. The molecule has 2 aromatic rings. The van der Waals surface area contributed by atoms with E-state index in [0.717, 1.165) is 5.01 Å². The van der Waals surface area contributed by atoms with E-state index < -0.39 is 10.0 Å². The van der Waals surface area contributed by atoms with Crippen molar-refractivity contribution in [2.24, 2.45) is 0 Å². The molecule has 0 aliphatic rings. The molecule has 0 saturated heterocycles. The van der Waals surface area contributed by atoms with Gasteiger partial charge < -0.3 is 9.47 Å². The van der Waals surface area contributed by atoms with Crippen LogP contribution in [0.2, 0.25) is 0 Å². The van der Waals surface area contributed by atoms with Crippen molar-refractivity contribution in [2.45, 2.75) is 18.2 Å². The maximum Gasteiger partial charge on any atom is 0.263 e. The Morgan fingerprint density at radius 2 is 1.95 bits per heavy atom. The third-order valence-electron chi connectivity index (χ3n) is 2.72. The summed E-state index contributed by atoms with van der Waals surface area (Å²) in [6, 6.07) is 6.11. The molecule has 1 heterocycles. The number of methoxy groups -OCH3 is 1. The van der Waals surface area contributed by atoms with Crippen molar-refractivity contribution in [1.82, 2.24) is 10.2 Å². The zero-order valence-electron chi connectivity index (χ0n) is 12.3. The van der Waals surface area contributed by atoms with Crippen molar-refractivity contribution in [1.29, 1.82) is 0 Å². The SMILES string of the molecule is CCOCCc1nnc(NS(=O)(=O)c2ccc(OC)cc2)s1. The minimum Gasteiger partial charge on any atom is -0.497 e. The van der Waals surface area contributed by atoms with Crippen LogP contribution < -0.4 is 9.46 Å². The molecule has 0 aliphatic carbocycles. The molecule has 0 spiro atoms. The van der Waals surface area contributed by atoms with Crippen LogP contribution in [-0.2, 0) is 21.2 Å². The van der Waals surface area contributed by atoms with Crippen LogP contribution in [0, 0.1) is 0 Å². The topological polar surface area (TPSA) is 90.4 Å². The Balaban J connectivity index is 2.04. The largest absolute Gasteiger partial charge is 0.497 e. The molecule has 1 aromatic heterocycles. The molecule has 0 fully saturated rings. The Hall–Kier alpha value is -1.71. The van der Waals surface area contributed by atoms with Crippen molar-refractivity contribution in [2.75, 3.05) is 25.0 Å². The second-order valence-electron chi connectivity index (χ2n) is 4.23. The minimum absolute atomic E-state index is 0.138. The van der Waals surface area contributed by atoms with E-state index in [1.807, 2.05) is 6.92 Å². The summed E-state index contributed by atoms with van der Waals surface area (Å²) in [5, 5.41) is 8.73. The van der Waals surface area contributed by atoms with Gasteiger partial charge in [0.25, 0.3) is 10.0 Å². The number of anilines is 1. The van der Waals surface area contributed by atoms with Gasteiger partial charge in [0.1, 0.15) is 10.8 Å². The van der Waals surface area contributed by atoms with Crippen molar-refractivity contribution < 1.29 is 17.9 Å². The lowest BCUT2D eigenvalue weighted by atomic mass is 10.3. The van der Waals surface area contributed by atoms with Gasteiger partial charge in [-0.3, -0.25) is 4.72 Å². The third kappa shape index (κ3) is 4.39. The fourth-order valence-electron chi connectivity index (χ4n) is 1.63. The molecular weight excluding hydrogens is 326 g/mol. The maximum atomic E-state index is 12.2. The van der Waals surface area contributed by atoms with E-state index in [1.165, 1.54) is 30.6 Å². The third-order valence-corrected chi connectivity index (χ3v) is 5.11. The molecule has 0 unspecified atom stereocenters. The maximum absolute atomic E-state index is 12.2. The Morgan fingerprint density at radius 1 is 1.23 bits per heavy atom. The van der Waals surface area contributed by atoms with Gasteiger partial charge in [-0.05, 0) is 31.2 Å². The molecule has 0 bridgehead atoms. The molecule has 1 aromatic carbocycles. The van der Waals surface area contributed by atoms with Gasteiger partial charge in [-0.2, -0.15) is 0 Å². The first-order valence-corrected chi connectivity index (χ1v) is 8.92. The van der Waals surface area contributed by atoms with Gasteiger partial charge in [0.05, 0.1) is 18.6 Å². The van der Waals surface area contributed by atoms with E-state index >= 15 is 0 Å². The Morgan fingerprint density at radius 3 is 2.59 bits per heavy atom. The lowest BCUT2D eigenvalue weighted by molar-refractivity contribution is 0.150. The fourth-order valence-corrected chi connectivity index (χ4v) is 3.58. The molecule has 0 aliphatic heterocycles. The molecule has 9 heteroatoms. The van der Waals surface area contributed by atoms with Crippen LogP contribution in [0.4, 0.5) is 5.13 Å². The van der Waals surface area contributed by atoms with Crippen LogP contribution in [-0.4, -0.2) is 38.9 Å². The number of hydrogen-bond donors (Lipinski definition) is 1. The normalized spacial score (nSPS) is 11.4.